The van der Waals surface area contributed by atoms with Gasteiger partial charge in [0.05, 0.1) is 15.7 Å². The number of fused-ring (bicyclic) bond motifs is 1. The third kappa shape index (κ3) is 1.87. The number of hydrogen-bond donors (Lipinski definition) is 1. The first-order valence-corrected chi connectivity index (χ1v) is 5.21. The van der Waals surface area contributed by atoms with Crippen molar-refractivity contribution in [2.45, 2.75) is 19.4 Å². The molecule has 1 heterocycles. The molecule has 0 fully saturated rings. The Balaban J connectivity index is 2.37. The molecule has 1 unspecified atom stereocenters. The molecule has 0 saturated carbocycles. The number of nitrogens with zero attached hydrogens (tertiary/aromatic N) is 1. The summed E-state index contributed by atoms with van der Waals surface area (Å²) in [6.07, 6.45) is 0.938. The number of aromatic nitrogens is 1. The fourth-order valence-corrected chi connectivity index (χ4v) is 2.14. The first kappa shape index (κ1) is 8.66. The lowest BCUT2D eigenvalue weighted by Crippen LogP contribution is -2.17. The molecular weight excluding hydrogens is 180 g/mol. The number of thiazole rings is 1. The van der Waals surface area contributed by atoms with Crippen LogP contribution in [0.15, 0.2) is 23.7 Å². The lowest BCUT2D eigenvalue weighted by atomic mass is 10.1. The molecule has 68 valence electrons. The molecule has 1 atom stereocenters. The van der Waals surface area contributed by atoms with Crippen LogP contribution in [0.4, 0.5) is 0 Å². The molecule has 1 aromatic carbocycles. The summed E-state index contributed by atoms with van der Waals surface area (Å²) < 4.78 is 1.25. The maximum absolute atomic E-state index is 5.73. The summed E-state index contributed by atoms with van der Waals surface area (Å²) >= 11 is 1.68. The van der Waals surface area contributed by atoms with E-state index in [-0.39, 0.29) is 6.04 Å². The van der Waals surface area contributed by atoms with Gasteiger partial charge in [-0.15, -0.1) is 11.3 Å². The van der Waals surface area contributed by atoms with Crippen molar-refractivity contribution in [2.75, 3.05) is 0 Å². The highest BCUT2D eigenvalue weighted by Gasteiger charge is 2.00. The second-order valence-electron chi connectivity index (χ2n) is 3.34. The quantitative estimate of drug-likeness (QED) is 0.792. The predicted molar refractivity (Wildman–Crippen MR) is 57.0 cm³/mol. The molecule has 3 heteroatoms. The molecular formula is C10H12N2S. The maximum Gasteiger partial charge on any atom is 0.0812 e. The third-order valence-electron chi connectivity index (χ3n) is 1.95. The van der Waals surface area contributed by atoms with Crippen LogP contribution in [0.3, 0.4) is 0 Å². The largest absolute Gasteiger partial charge is 0.328 e. The molecule has 2 nitrogen and oxygen atoms in total. The lowest BCUT2D eigenvalue weighted by molar-refractivity contribution is 0.739. The minimum absolute atomic E-state index is 0.227. The Kier molecular flexibility index (Phi) is 2.29. The zero-order valence-electron chi connectivity index (χ0n) is 7.53. The molecule has 0 spiro atoms. The van der Waals surface area contributed by atoms with Crippen molar-refractivity contribution in [1.82, 2.24) is 4.98 Å². The highest BCUT2D eigenvalue weighted by molar-refractivity contribution is 7.16. The molecule has 2 rings (SSSR count). The SMILES string of the molecule is CC(N)Cc1ccc2ncsc2c1. The van der Waals surface area contributed by atoms with Gasteiger partial charge in [-0.3, -0.25) is 0 Å². The summed E-state index contributed by atoms with van der Waals surface area (Å²) in [4.78, 5) is 4.23. The zero-order chi connectivity index (χ0) is 9.26. The number of rotatable bonds is 2. The Labute approximate surface area is 81.4 Å². The highest BCUT2D eigenvalue weighted by Crippen LogP contribution is 2.19. The molecule has 2 N–H and O–H groups in total. The van der Waals surface area contributed by atoms with Crippen LogP contribution in [0, 0.1) is 0 Å². The van der Waals surface area contributed by atoms with Gasteiger partial charge in [-0.25, -0.2) is 4.98 Å². The van der Waals surface area contributed by atoms with E-state index in [1.165, 1.54) is 10.3 Å². The van der Waals surface area contributed by atoms with Crippen LogP contribution >= 0.6 is 11.3 Å². The van der Waals surface area contributed by atoms with Gasteiger partial charge in [0.15, 0.2) is 0 Å². The van der Waals surface area contributed by atoms with Gasteiger partial charge in [-0.1, -0.05) is 6.07 Å². The summed E-state index contributed by atoms with van der Waals surface area (Å²) in [5.41, 5.74) is 9.99. The van der Waals surface area contributed by atoms with Crippen LogP contribution in [0.25, 0.3) is 10.2 Å². The predicted octanol–water partition coefficient (Wildman–Crippen LogP) is 2.19. The third-order valence-corrected chi connectivity index (χ3v) is 2.75. The Bertz CT molecular complexity index is 406. The molecule has 1 aromatic heterocycles. The average Bonchev–Trinajstić information content (AvgIpc) is 2.49. The molecule has 0 saturated heterocycles. The Hall–Kier alpha value is -0.930. The van der Waals surface area contributed by atoms with E-state index in [1.807, 2.05) is 12.4 Å². The number of benzene rings is 1. The minimum atomic E-state index is 0.227. The molecule has 2 aromatic rings. The van der Waals surface area contributed by atoms with Crippen LogP contribution in [-0.2, 0) is 6.42 Å². The Morgan fingerprint density at radius 1 is 1.54 bits per heavy atom. The topological polar surface area (TPSA) is 38.9 Å². The van der Waals surface area contributed by atoms with E-state index in [0.29, 0.717) is 0 Å². The highest BCUT2D eigenvalue weighted by atomic mass is 32.1. The summed E-state index contributed by atoms with van der Waals surface area (Å²) in [5.74, 6) is 0. The van der Waals surface area contributed by atoms with Crippen LogP contribution < -0.4 is 5.73 Å². The molecule has 0 aliphatic carbocycles. The van der Waals surface area contributed by atoms with Crippen molar-refractivity contribution < 1.29 is 0 Å². The van der Waals surface area contributed by atoms with Gasteiger partial charge < -0.3 is 5.73 Å². The van der Waals surface area contributed by atoms with Crippen molar-refractivity contribution >= 4 is 21.6 Å². The van der Waals surface area contributed by atoms with E-state index in [1.54, 1.807) is 11.3 Å². The van der Waals surface area contributed by atoms with E-state index < -0.39 is 0 Å². The summed E-state index contributed by atoms with van der Waals surface area (Å²) in [7, 11) is 0. The normalized spacial score (nSPS) is 13.4. The monoisotopic (exact) mass is 192 g/mol. The van der Waals surface area contributed by atoms with E-state index in [4.69, 9.17) is 5.73 Å². The van der Waals surface area contributed by atoms with Crippen molar-refractivity contribution in [3.05, 3.63) is 29.3 Å². The van der Waals surface area contributed by atoms with Gasteiger partial charge in [0.2, 0.25) is 0 Å². The number of nitrogens with two attached hydrogens (primary N) is 1. The van der Waals surface area contributed by atoms with Gasteiger partial charge in [-0.05, 0) is 31.0 Å². The van der Waals surface area contributed by atoms with E-state index in [0.717, 1.165) is 11.9 Å². The first-order valence-electron chi connectivity index (χ1n) is 4.33. The first-order chi connectivity index (χ1) is 6.25. The minimum Gasteiger partial charge on any atom is -0.328 e. The van der Waals surface area contributed by atoms with Gasteiger partial charge >= 0.3 is 0 Å². The van der Waals surface area contributed by atoms with Crippen LogP contribution in [-0.4, -0.2) is 11.0 Å². The lowest BCUT2D eigenvalue weighted by Gasteiger charge is -2.04. The average molecular weight is 192 g/mol. The van der Waals surface area contributed by atoms with Crippen molar-refractivity contribution in [3.8, 4) is 0 Å². The maximum atomic E-state index is 5.73. The summed E-state index contributed by atoms with van der Waals surface area (Å²) in [6, 6.07) is 6.57. The molecule has 0 aliphatic heterocycles. The van der Waals surface area contributed by atoms with Crippen LogP contribution in [0.1, 0.15) is 12.5 Å². The molecule has 0 aliphatic rings. The van der Waals surface area contributed by atoms with E-state index in [9.17, 15) is 0 Å². The summed E-state index contributed by atoms with van der Waals surface area (Å²) in [5, 5.41) is 0. The fraction of sp³-hybridized carbons (Fsp3) is 0.300. The van der Waals surface area contributed by atoms with Crippen molar-refractivity contribution in [3.63, 3.8) is 0 Å². The zero-order valence-corrected chi connectivity index (χ0v) is 8.34. The Morgan fingerprint density at radius 3 is 3.15 bits per heavy atom. The molecule has 13 heavy (non-hydrogen) atoms. The van der Waals surface area contributed by atoms with Gasteiger partial charge in [0.1, 0.15) is 0 Å². The van der Waals surface area contributed by atoms with Gasteiger partial charge in [0.25, 0.3) is 0 Å². The molecule has 0 radical (unpaired) electrons. The van der Waals surface area contributed by atoms with Gasteiger partial charge in [-0.2, -0.15) is 0 Å². The second-order valence-corrected chi connectivity index (χ2v) is 4.22. The van der Waals surface area contributed by atoms with E-state index >= 15 is 0 Å². The Morgan fingerprint density at radius 2 is 2.38 bits per heavy atom. The fourth-order valence-electron chi connectivity index (χ4n) is 1.40. The van der Waals surface area contributed by atoms with E-state index in [2.05, 4.69) is 23.2 Å². The smallest absolute Gasteiger partial charge is 0.0812 e. The van der Waals surface area contributed by atoms with Gasteiger partial charge in [0, 0.05) is 6.04 Å². The van der Waals surface area contributed by atoms with Crippen LogP contribution in [0.2, 0.25) is 0 Å². The van der Waals surface area contributed by atoms with Crippen molar-refractivity contribution in [1.29, 1.82) is 0 Å². The molecule has 0 bridgehead atoms. The standard InChI is InChI=1S/C10H12N2S/c1-7(11)4-8-2-3-9-10(5-8)13-6-12-9/h2-3,5-7H,4,11H2,1H3. The second kappa shape index (κ2) is 3.44. The number of hydrogen-bond acceptors (Lipinski definition) is 3. The van der Waals surface area contributed by atoms with Crippen molar-refractivity contribution in [2.24, 2.45) is 5.73 Å². The molecule has 0 amide bonds. The van der Waals surface area contributed by atoms with Crippen LogP contribution in [0.5, 0.6) is 0 Å². The summed E-state index contributed by atoms with van der Waals surface area (Å²) in [6.45, 7) is 2.02.